The SMILES string of the molecule is CCCC(=O)Nc1cc(Cn2cc(NC(=O)c3nccnc3N)cn2)ccc1F. The number of nitrogen functional groups attached to an aromatic ring is 1. The number of nitrogens with two attached hydrogens (primary N) is 1. The highest BCUT2D eigenvalue weighted by Crippen LogP contribution is 2.18. The second-order valence-corrected chi connectivity index (χ2v) is 6.28. The Bertz CT molecular complexity index is 1030. The Balaban J connectivity index is 1.68. The number of benzene rings is 1. The molecular weight excluding hydrogens is 377 g/mol. The van der Waals surface area contributed by atoms with Gasteiger partial charge in [0.15, 0.2) is 11.5 Å². The lowest BCUT2D eigenvalue weighted by atomic mass is 10.2. The highest BCUT2D eigenvalue weighted by Gasteiger charge is 2.13. The van der Waals surface area contributed by atoms with E-state index in [0.717, 1.165) is 5.56 Å². The van der Waals surface area contributed by atoms with E-state index in [1.807, 2.05) is 6.92 Å². The number of hydrogen-bond acceptors (Lipinski definition) is 6. The lowest BCUT2D eigenvalue weighted by Gasteiger charge is -2.09. The van der Waals surface area contributed by atoms with Crippen molar-refractivity contribution in [2.24, 2.45) is 0 Å². The van der Waals surface area contributed by atoms with Crippen LogP contribution in [0.3, 0.4) is 0 Å². The van der Waals surface area contributed by atoms with Crippen LogP contribution in [0.25, 0.3) is 0 Å². The molecule has 150 valence electrons. The lowest BCUT2D eigenvalue weighted by Crippen LogP contribution is -2.16. The summed E-state index contributed by atoms with van der Waals surface area (Å²) in [4.78, 5) is 31.7. The van der Waals surface area contributed by atoms with Crippen molar-refractivity contribution in [3.63, 3.8) is 0 Å². The van der Waals surface area contributed by atoms with E-state index in [4.69, 9.17) is 5.73 Å². The number of hydrogen-bond donors (Lipinski definition) is 3. The van der Waals surface area contributed by atoms with E-state index in [9.17, 15) is 14.0 Å². The molecule has 0 saturated heterocycles. The number of anilines is 3. The number of rotatable bonds is 7. The second kappa shape index (κ2) is 8.91. The van der Waals surface area contributed by atoms with Gasteiger partial charge in [-0.15, -0.1) is 0 Å². The third-order valence-electron chi connectivity index (χ3n) is 3.96. The zero-order valence-corrected chi connectivity index (χ0v) is 15.7. The van der Waals surface area contributed by atoms with E-state index in [1.165, 1.54) is 24.7 Å². The Hall–Kier alpha value is -3.82. The predicted octanol–water partition coefficient (Wildman–Crippen LogP) is 2.43. The van der Waals surface area contributed by atoms with Gasteiger partial charge in [0.05, 0.1) is 24.1 Å². The van der Waals surface area contributed by atoms with E-state index >= 15 is 0 Å². The number of halogens is 1. The van der Waals surface area contributed by atoms with Crippen LogP contribution >= 0.6 is 0 Å². The summed E-state index contributed by atoms with van der Waals surface area (Å²) in [6, 6.07) is 4.45. The molecular formula is C19H20FN7O2. The Kier molecular flexibility index (Phi) is 6.12. The Morgan fingerprint density at radius 2 is 2.00 bits per heavy atom. The maximum absolute atomic E-state index is 13.9. The van der Waals surface area contributed by atoms with Gasteiger partial charge < -0.3 is 16.4 Å². The van der Waals surface area contributed by atoms with Crippen molar-refractivity contribution in [3.05, 3.63) is 60.1 Å². The zero-order chi connectivity index (χ0) is 20.8. The normalized spacial score (nSPS) is 10.6. The molecule has 0 fully saturated rings. The number of aromatic nitrogens is 4. The number of amides is 2. The first-order valence-corrected chi connectivity index (χ1v) is 8.95. The number of carbonyl (C=O) groups is 2. The standard InChI is InChI=1S/C19H20FN7O2/c1-2-3-16(28)26-15-8-12(4-5-14(15)20)10-27-11-13(9-24-27)25-19(29)17-18(21)23-7-6-22-17/h4-9,11H,2-3,10H2,1H3,(H2,21,23)(H,25,29)(H,26,28). The zero-order valence-electron chi connectivity index (χ0n) is 15.7. The van der Waals surface area contributed by atoms with Crippen molar-refractivity contribution < 1.29 is 14.0 Å². The molecule has 0 aliphatic rings. The maximum Gasteiger partial charge on any atom is 0.278 e. The Morgan fingerprint density at radius 1 is 1.21 bits per heavy atom. The molecule has 3 aromatic rings. The average molecular weight is 397 g/mol. The Morgan fingerprint density at radius 3 is 2.76 bits per heavy atom. The predicted molar refractivity (Wildman–Crippen MR) is 106 cm³/mol. The molecule has 3 rings (SSSR count). The van der Waals surface area contributed by atoms with Gasteiger partial charge in [-0.25, -0.2) is 14.4 Å². The van der Waals surface area contributed by atoms with Gasteiger partial charge in [0.2, 0.25) is 5.91 Å². The molecule has 9 nitrogen and oxygen atoms in total. The van der Waals surface area contributed by atoms with Gasteiger partial charge in [-0.2, -0.15) is 5.10 Å². The van der Waals surface area contributed by atoms with Crippen LogP contribution in [0.15, 0.2) is 43.0 Å². The highest BCUT2D eigenvalue weighted by atomic mass is 19.1. The summed E-state index contributed by atoms with van der Waals surface area (Å²) in [6.07, 6.45) is 6.85. The number of carbonyl (C=O) groups excluding carboxylic acids is 2. The van der Waals surface area contributed by atoms with E-state index in [2.05, 4.69) is 25.7 Å². The number of nitrogens with zero attached hydrogens (tertiary/aromatic N) is 4. The largest absolute Gasteiger partial charge is 0.382 e. The first kappa shape index (κ1) is 19.9. The fourth-order valence-corrected chi connectivity index (χ4v) is 2.62. The molecule has 10 heteroatoms. The topological polar surface area (TPSA) is 128 Å². The summed E-state index contributed by atoms with van der Waals surface area (Å²) in [6.45, 7) is 2.19. The third-order valence-corrected chi connectivity index (χ3v) is 3.96. The van der Waals surface area contributed by atoms with Gasteiger partial charge in [-0.3, -0.25) is 14.3 Å². The minimum Gasteiger partial charge on any atom is -0.382 e. The minimum absolute atomic E-state index is 0.0197. The molecule has 0 saturated carbocycles. The molecule has 0 atom stereocenters. The summed E-state index contributed by atoms with van der Waals surface area (Å²) in [5.74, 6) is -1.22. The summed E-state index contributed by atoms with van der Waals surface area (Å²) in [5.41, 5.74) is 6.97. The average Bonchev–Trinajstić information content (AvgIpc) is 3.11. The van der Waals surface area contributed by atoms with Gasteiger partial charge in [0, 0.05) is 25.0 Å². The summed E-state index contributed by atoms with van der Waals surface area (Å²) < 4.78 is 15.5. The first-order valence-electron chi connectivity index (χ1n) is 8.95. The Labute approximate surface area is 166 Å². The summed E-state index contributed by atoms with van der Waals surface area (Å²) >= 11 is 0. The van der Waals surface area contributed by atoms with Crippen LogP contribution < -0.4 is 16.4 Å². The number of nitrogens with one attached hydrogen (secondary N) is 2. The molecule has 0 aliphatic carbocycles. The van der Waals surface area contributed by atoms with Gasteiger partial charge >= 0.3 is 0 Å². The van der Waals surface area contributed by atoms with E-state index in [1.54, 1.807) is 23.0 Å². The second-order valence-electron chi connectivity index (χ2n) is 6.28. The molecule has 2 aromatic heterocycles. The molecule has 0 aliphatic heterocycles. The smallest absolute Gasteiger partial charge is 0.278 e. The van der Waals surface area contributed by atoms with Gasteiger partial charge in [0.1, 0.15) is 5.82 Å². The van der Waals surface area contributed by atoms with Gasteiger partial charge in [-0.1, -0.05) is 13.0 Å². The monoisotopic (exact) mass is 397 g/mol. The van der Waals surface area contributed by atoms with Crippen LogP contribution in [0.1, 0.15) is 35.8 Å². The quantitative estimate of drug-likeness (QED) is 0.562. The first-order chi connectivity index (χ1) is 14.0. The van der Waals surface area contributed by atoms with Crippen molar-refractivity contribution in [2.45, 2.75) is 26.3 Å². The van der Waals surface area contributed by atoms with Crippen LogP contribution in [-0.4, -0.2) is 31.6 Å². The van der Waals surface area contributed by atoms with E-state index in [0.29, 0.717) is 25.1 Å². The molecule has 1 aromatic carbocycles. The fourth-order valence-electron chi connectivity index (χ4n) is 2.62. The molecule has 2 heterocycles. The summed E-state index contributed by atoms with van der Waals surface area (Å²) in [7, 11) is 0. The van der Waals surface area contributed by atoms with Crippen molar-refractivity contribution in [2.75, 3.05) is 16.4 Å². The lowest BCUT2D eigenvalue weighted by molar-refractivity contribution is -0.116. The molecule has 0 radical (unpaired) electrons. The minimum atomic E-state index is -0.506. The summed E-state index contributed by atoms with van der Waals surface area (Å²) in [5, 5.41) is 9.39. The van der Waals surface area contributed by atoms with Crippen molar-refractivity contribution in [1.29, 1.82) is 0 Å². The molecule has 4 N–H and O–H groups in total. The van der Waals surface area contributed by atoms with E-state index in [-0.39, 0.29) is 23.1 Å². The van der Waals surface area contributed by atoms with Crippen LogP contribution in [0.4, 0.5) is 21.6 Å². The third kappa shape index (κ3) is 5.12. The van der Waals surface area contributed by atoms with Gasteiger partial charge in [-0.05, 0) is 24.1 Å². The molecule has 0 unspecified atom stereocenters. The van der Waals surface area contributed by atoms with Crippen molar-refractivity contribution in [3.8, 4) is 0 Å². The van der Waals surface area contributed by atoms with Crippen molar-refractivity contribution in [1.82, 2.24) is 19.7 Å². The van der Waals surface area contributed by atoms with Crippen LogP contribution in [-0.2, 0) is 11.3 Å². The van der Waals surface area contributed by atoms with Crippen LogP contribution in [0.2, 0.25) is 0 Å². The molecule has 0 bridgehead atoms. The van der Waals surface area contributed by atoms with Crippen LogP contribution in [0, 0.1) is 5.82 Å². The van der Waals surface area contributed by atoms with E-state index < -0.39 is 11.7 Å². The highest BCUT2D eigenvalue weighted by molar-refractivity contribution is 6.05. The maximum atomic E-state index is 13.9. The van der Waals surface area contributed by atoms with Gasteiger partial charge in [0.25, 0.3) is 5.91 Å². The van der Waals surface area contributed by atoms with Crippen LogP contribution in [0.5, 0.6) is 0 Å². The van der Waals surface area contributed by atoms with Crippen molar-refractivity contribution >= 4 is 29.0 Å². The molecule has 29 heavy (non-hydrogen) atoms. The molecule has 2 amide bonds. The fraction of sp³-hybridized carbons (Fsp3) is 0.211. The molecule has 0 spiro atoms.